The van der Waals surface area contributed by atoms with Crippen molar-refractivity contribution in [3.63, 3.8) is 0 Å². The maximum atomic E-state index is 7.80. The van der Waals surface area contributed by atoms with Crippen LogP contribution in [0.3, 0.4) is 0 Å². The van der Waals surface area contributed by atoms with Gasteiger partial charge < -0.3 is 9.64 Å². The molecule has 0 unspecified atom stereocenters. The Kier molecular flexibility index (Phi) is 16.2. The van der Waals surface area contributed by atoms with Gasteiger partial charge in [-0.3, -0.25) is 0 Å². The van der Waals surface area contributed by atoms with Gasteiger partial charge in [-0.05, 0) is 120 Å². The normalized spacial score (nSPS) is 17.1. The third-order valence-corrected chi connectivity index (χ3v) is 16.7. The molecule has 7 aromatic rings. The maximum Gasteiger partial charge on any atom is 0.210 e. The van der Waals surface area contributed by atoms with E-state index in [0.717, 1.165) is 66.1 Å². The van der Waals surface area contributed by atoms with Gasteiger partial charge in [0.15, 0.2) is 5.71 Å². The molecule has 7 aromatic carbocycles. The van der Waals surface area contributed by atoms with Gasteiger partial charge in [0, 0.05) is 58.6 Å². The molecule has 3 heteroatoms. The van der Waals surface area contributed by atoms with Gasteiger partial charge in [0.2, 0.25) is 5.69 Å². The van der Waals surface area contributed by atoms with E-state index < -0.39 is 0 Å². The van der Waals surface area contributed by atoms with Crippen LogP contribution in [0.1, 0.15) is 149 Å². The highest BCUT2D eigenvalue weighted by molar-refractivity contribution is 6.08. The summed E-state index contributed by atoms with van der Waals surface area (Å²) >= 11 is 0. The zero-order chi connectivity index (χ0) is 51.8. The first kappa shape index (κ1) is 51.8. The number of fused-ring (bicyclic) bond motifs is 6. The third-order valence-electron chi connectivity index (χ3n) is 16.7. The smallest absolute Gasteiger partial charge is 0.210 e. The highest BCUT2D eigenvalue weighted by Gasteiger charge is 2.46. The van der Waals surface area contributed by atoms with Crippen molar-refractivity contribution in [3.05, 3.63) is 210 Å². The lowest BCUT2D eigenvalue weighted by Crippen LogP contribution is -2.28. The van der Waals surface area contributed by atoms with Crippen molar-refractivity contribution in [1.29, 1.82) is 0 Å². The lowest BCUT2D eigenvalue weighted by atomic mass is 9.78. The van der Waals surface area contributed by atoms with Crippen LogP contribution in [0.2, 0.25) is 0 Å². The van der Waals surface area contributed by atoms with Crippen LogP contribution in [0.4, 0.5) is 11.4 Å². The first-order valence-corrected chi connectivity index (χ1v) is 28.9. The summed E-state index contributed by atoms with van der Waals surface area (Å²) in [6.07, 6.45) is 28.1. The van der Waals surface area contributed by atoms with E-state index >= 15 is 0 Å². The molecule has 0 radical (unpaired) electrons. The Morgan fingerprint density at radius 1 is 0.520 bits per heavy atom. The van der Waals surface area contributed by atoms with Crippen molar-refractivity contribution in [2.45, 2.75) is 149 Å². The average Bonchev–Trinajstić information content (AvgIpc) is 3.80. The van der Waals surface area contributed by atoms with E-state index in [1.54, 1.807) is 0 Å². The number of para-hydroxylation sites is 1. The van der Waals surface area contributed by atoms with E-state index in [-0.39, 0.29) is 10.8 Å². The fourth-order valence-electron chi connectivity index (χ4n) is 12.8. The summed E-state index contributed by atoms with van der Waals surface area (Å²) in [5.41, 5.74) is 14.9. The van der Waals surface area contributed by atoms with Crippen molar-refractivity contribution in [3.8, 4) is 28.0 Å². The second kappa shape index (κ2) is 23.5. The molecule has 384 valence electrons. The molecule has 0 N–H and O–H groups in total. The number of hydrogen-bond donors (Lipinski definition) is 0. The standard InChI is InChI=1S/C72H81N2O/c1-7-9-11-13-15-27-51-73-63-47-43-55-35-23-25-39-59(55)67(63)71(3,4)65(73)49-45-57-37-29-38-58(69(57)75-70-61(53-31-19-17-20-32-53)41-30-42-62(70)54-33-21-18-22-34-54)46-50-66-72(5,6)68-60-40-26-24-36-56(60)44-48-64(68)74(66)52-28-16-14-12-10-8-2/h17-26,30-36,39-50H,7-16,27-29,37-38,51-52H2,1-6H3/q+1. The second-order valence-electron chi connectivity index (χ2n) is 22.6. The number of rotatable bonds is 21. The molecule has 3 aliphatic rings. The maximum absolute atomic E-state index is 7.80. The summed E-state index contributed by atoms with van der Waals surface area (Å²) in [5, 5.41) is 5.33. The number of unbranched alkanes of at least 4 members (excludes halogenated alkanes) is 10. The van der Waals surface area contributed by atoms with Crippen LogP contribution < -0.4 is 9.64 Å². The van der Waals surface area contributed by atoms with Gasteiger partial charge >= 0.3 is 0 Å². The summed E-state index contributed by atoms with van der Waals surface area (Å²) in [4.78, 5) is 2.67. The van der Waals surface area contributed by atoms with Crippen molar-refractivity contribution in [1.82, 2.24) is 0 Å². The van der Waals surface area contributed by atoms with E-state index in [1.165, 1.54) is 144 Å². The van der Waals surface area contributed by atoms with Gasteiger partial charge in [0.1, 0.15) is 18.1 Å². The molecule has 0 saturated carbocycles. The molecule has 0 spiro atoms. The number of anilines is 1. The zero-order valence-corrected chi connectivity index (χ0v) is 46.1. The molecule has 75 heavy (non-hydrogen) atoms. The molecule has 0 aromatic heterocycles. The van der Waals surface area contributed by atoms with Crippen molar-refractivity contribution < 1.29 is 9.31 Å². The highest BCUT2D eigenvalue weighted by atomic mass is 16.5. The summed E-state index contributed by atoms with van der Waals surface area (Å²) in [7, 11) is 0. The Morgan fingerprint density at radius 3 is 1.75 bits per heavy atom. The van der Waals surface area contributed by atoms with E-state index in [1.807, 2.05) is 0 Å². The third kappa shape index (κ3) is 10.8. The molecular weight excluding hydrogens is 909 g/mol. The molecule has 2 heterocycles. The first-order valence-electron chi connectivity index (χ1n) is 28.9. The Hall–Kier alpha value is -6.71. The van der Waals surface area contributed by atoms with Crippen LogP contribution in [0.15, 0.2) is 199 Å². The van der Waals surface area contributed by atoms with E-state index in [9.17, 15) is 0 Å². The second-order valence-corrected chi connectivity index (χ2v) is 22.6. The van der Waals surface area contributed by atoms with Gasteiger partial charge in [0.05, 0.1) is 5.41 Å². The predicted octanol–water partition coefficient (Wildman–Crippen LogP) is 20.1. The number of nitrogens with zero attached hydrogens (tertiary/aromatic N) is 2. The summed E-state index contributed by atoms with van der Waals surface area (Å²) in [5.74, 6) is 1.89. The topological polar surface area (TPSA) is 15.5 Å². The van der Waals surface area contributed by atoms with E-state index in [4.69, 9.17) is 4.74 Å². The molecule has 10 rings (SSSR count). The SMILES string of the molecule is CCCCCCCCN1/C(=C/C=C2\CCCC(/C=C/C3=[N+](CCCCCCCC)c4ccc5ccccc5c4C3(C)C)=C2Oc2c(-c3ccccc3)cccc2-c2ccccc2)C(C)(C)c2c1ccc1ccccc21. The van der Waals surface area contributed by atoms with Crippen molar-refractivity contribution >= 4 is 38.6 Å². The molecule has 0 amide bonds. The minimum absolute atomic E-state index is 0.207. The van der Waals surface area contributed by atoms with Gasteiger partial charge in [-0.25, -0.2) is 0 Å². The predicted molar refractivity (Wildman–Crippen MR) is 322 cm³/mol. The lowest BCUT2D eigenvalue weighted by molar-refractivity contribution is -0.438. The van der Waals surface area contributed by atoms with Crippen LogP contribution in [-0.2, 0) is 10.8 Å². The Labute approximate surface area is 450 Å². The minimum atomic E-state index is -0.207. The lowest BCUT2D eigenvalue weighted by Gasteiger charge is -2.28. The number of ether oxygens (including phenoxy) is 1. The number of allylic oxidation sites excluding steroid dienone is 7. The Balaban J connectivity index is 1.13. The first-order chi connectivity index (χ1) is 36.7. The Bertz CT molecular complexity index is 3230. The van der Waals surface area contributed by atoms with Crippen molar-refractivity contribution in [2.75, 3.05) is 18.0 Å². The van der Waals surface area contributed by atoms with Gasteiger partial charge in [-0.15, -0.1) is 0 Å². The van der Waals surface area contributed by atoms with Crippen LogP contribution >= 0.6 is 0 Å². The molecule has 0 atom stereocenters. The molecule has 2 aliphatic heterocycles. The number of benzene rings is 7. The Morgan fingerprint density at radius 2 is 1.09 bits per heavy atom. The van der Waals surface area contributed by atoms with Gasteiger partial charge in [-0.2, -0.15) is 4.58 Å². The average molecular weight is 990 g/mol. The molecule has 1 aliphatic carbocycles. The summed E-state index contributed by atoms with van der Waals surface area (Å²) < 4.78 is 10.5. The summed E-state index contributed by atoms with van der Waals surface area (Å²) in [6.45, 7) is 16.4. The highest BCUT2D eigenvalue weighted by Crippen LogP contribution is 2.52. The van der Waals surface area contributed by atoms with Crippen LogP contribution in [0, 0.1) is 0 Å². The molecule has 0 bridgehead atoms. The van der Waals surface area contributed by atoms with Gasteiger partial charge in [0.25, 0.3) is 0 Å². The van der Waals surface area contributed by atoms with E-state index in [0.29, 0.717) is 0 Å². The largest absolute Gasteiger partial charge is 0.455 e. The molecular formula is C72H81N2O+. The molecule has 0 saturated heterocycles. The molecule has 3 nitrogen and oxygen atoms in total. The minimum Gasteiger partial charge on any atom is -0.455 e. The van der Waals surface area contributed by atoms with Crippen LogP contribution in [0.5, 0.6) is 5.75 Å². The van der Waals surface area contributed by atoms with Crippen molar-refractivity contribution in [2.24, 2.45) is 0 Å². The fraction of sp³-hybridized carbons (Fsp3) is 0.347. The van der Waals surface area contributed by atoms with Crippen LogP contribution in [0.25, 0.3) is 43.8 Å². The number of hydrogen-bond acceptors (Lipinski definition) is 2. The van der Waals surface area contributed by atoms with Gasteiger partial charge in [-0.1, -0.05) is 225 Å². The van der Waals surface area contributed by atoms with E-state index in [2.05, 4.69) is 227 Å². The fourth-order valence-corrected chi connectivity index (χ4v) is 12.8. The monoisotopic (exact) mass is 990 g/mol. The quantitative estimate of drug-likeness (QED) is 0.0527. The van der Waals surface area contributed by atoms with Crippen LogP contribution in [-0.4, -0.2) is 23.4 Å². The zero-order valence-electron chi connectivity index (χ0n) is 46.1. The summed E-state index contributed by atoms with van der Waals surface area (Å²) in [6, 6.07) is 55.8. The molecule has 0 fully saturated rings.